The number of aliphatic hydroxyl groups is 1. The van der Waals surface area contributed by atoms with E-state index in [0.717, 1.165) is 12.4 Å². The fourth-order valence-electron chi connectivity index (χ4n) is 0.733. The van der Waals surface area contributed by atoms with Crippen LogP contribution < -0.4 is 0 Å². The number of alkyl halides is 3. The van der Waals surface area contributed by atoms with Crippen LogP contribution in [-0.4, -0.2) is 21.3 Å². The molecule has 0 radical (unpaired) electrons. The average molecular weight is 192 g/mol. The number of rotatable bonds is 1. The summed E-state index contributed by atoms with van der Waals surface area (Å²) in [6.07, 6.45) is -5.26. The monoisotopic (exact) mass is 192 g/mol. The normalized spacial score (nSPS) is 14.2. The molecular weight excluding hydrogens is 185 g/mol. The molecule has 0 fully saturated rings. The van der Waals surface area contributed by atoms with E-state index in [1.807, 2.05) is 0 Å². The molecule has 0 bridgehead atoms. The fourth-order valence-corrected chi connectivity index (χ4v) is 0.733. The molecule has 0 amide bonds. The molecule has 0 aliphatic carbocycles. The second kappa shape index (κ2) is 3.29. The summed E-state index contributed by atoms with van der Waals surface area (Å²) >= 11 is 0. The summed E-state index contributed by atoms with van der Waals surface area (Å²) in [5.74, 6) is 0.359. The molecule has 0 spiro atoms. The topological polar surface area (TPSA) is 46.0 Å². The van der Waals surface area contributed by atoms with Gasteiger partial charge in [0.25, 0.3) is 0 Å². The Morgan fingerprint density at radius 2 is 1.77 bits per heavy atom. The van der Waals surface area contributed by atoms with Crippen LogP contribution in [0.15, 0.2) is 12.4 Å². The van der Waals surface area contributed by atoms with Crippen LogP contribution in [0.25, 0.3) is 0 Å². The minimum Gasteiger partial charge on any atom is -0.379 e. The van der Waals surface area contributed by atoms with Crippen molar-refractivity contribution in [2.24, 2.45) is 0 Å². The van der Waals surface area contributed by atoms with Gasteiger partial charge in [0.2, 0.25) is 0 Å². The second-order valence-corrected chi connectivity index (χ2v) is 2.51. The summed E-state index contributed by atoms with van der Waals surface area (Å²) in [6, 6.07) is 0. The van der Waals surface area contributed by atoms with Gasteiger partial charge in [-0.25, -0.2) is 9.97 Å². The predicted molar refractivity (Wildman–Crippen MR) is 37.8 cm³/mol. The van der Waals surface area contributed by atoms with Crippen molar-refractivity contribution in [1.29, 1.82) is 0 Å². The molecule has 3 nitrogen and oxygen atoms in total. The summed E-state index contributed by atoms with van der Waals surface area (Å²) in [5.41, 5.74) is -0.349. The number of hydrogen-bond donors (Lipinski definition) is 1. The molecule has 0 saturated carbocycles. The molecule has 6 heteroatoms. The molecule has 1 aromatic rings. The lowest BCUT2D eigenvalue weighted by molar-refractivity contribution is -0.207. The molecule has 1 heterocycles. The largest absolute Gasteiger partial charge is 0.418 e. The van der Waals surface area contributed by atoms with Gasteiger partial charge >= 0.3 is 6.18 Å². The maximum Gasteiger partial charge on any atom is 0.418 e. The number of hydrogen-bond acceptors (Lipinski definition) is 3. The standard InChI is InChI=1S/C7H7F3N2O/c1-4-11-2-5(3-12-4)6(13)7(8,9)10/h2-3,6,13H,1H3. The Balaban J connectivity index is 2.90. The molecule has 13 heavy (non-hydrogen) atoms. The van der Waals surface area contributed by atoms with Gasteiger partial charge in [0.05, 0.1) is 0 Å². The van der Waals surface area contributed by atoms with E-state index in [0.29, 0.717) is 5.82 Å². The van der Waals surface area contributed by atoms with Crippen LogP contribution >= 0.6 is 0 Å². The maximum atomic E-state index is 11.9. The zero-order chi connectivity index (χ0) is 10.1. The van der Waals surface area contributed by atoms with Gasteiger partial charge in [-0.1, -0.05) is 0 Å². The Hall–Kier alpha value is -1.17. The van der Waals surface area contributed by atoms with E-state index in [4.69, 9.17) is 5.11 Å². The van der Waals surface area contributed by atoms with E-state index in [1.165, 1.54) is 0 Å². The minimum absolute atomic E-state index is 0.349. The Morgan fingerprint density at radius 1 is 1.31 bits per heavy atom. The quantitative estimate of drug-likeness (QED) is 0.731. The molecule has 1 rings (SSSR count). The second-order valence-electron chi connectivity index (χ2n) is 2.51. The first-order valence-corrected chi connectivity index (χ1v) is 3.44. The molecule has 0 aromatic carbocycles. The number of aromatic nitrogens is 2. The van der Waals surface area contributed by atoms with Crippen molar-refractivity contribution in [3.05, 3.63) is 23.8 Å². The smallest absolute Gasteiger partial charge is 0.379 e. The highest BCUT2D eigenvalue weighted by atomic mass is 19.4. The van der Waals surface area contributed by atoms with Crippen molar-refractivity contribution in [3.63, 3.8) is 0 Å². The molecule has 1 aromatic heterocycles. The lowest BCUT2D eigenvalue weighted by Gasteiger charge is -2.13. The van der Waals surface area contributed by atoms with E-state index >= 15 is 0 Å². The summed E-state index contributed by atoms with van der Waals surface area (Å²) in [7, 11) is 0. The first-order chi connectivity index (χ1) is 5.91. The zero-order valence-electron chi connectivity index (χ0n) is 6.71. The van der Waals surface area contributed by atoms with Gasteiger partial charge in [-0.05, 0) is 6.92 Å². The summed E-state index contributed by atoms with van der Waals surface area (Å²) in [6.45, 7) is 1.55. The molecule has 72 valence electrons. The Bertz CT molecular complexity index is 283. The van der Waals surface area contributed by atoms with E-state index in [9.17, 15) is 13.2 Å². The number of nitrogens with zero attached hydrogens (tertiary/aromatic N) is 2. The lowest BCUT2D eigenvalue weighted by atomic mass is 10.2. The third-order valence-electron chi connectivity index (χ3n) is 1.43. The third-order valence-corrected chi connectivity index (χ3v) is 1.43. The molecular formula is C7H7F3N2O. The van der Waals surface area contributed by atoms with Crippen molar-refractivity contribution in [2.45, 2.75) is 19.2 Å². The first kappa shape index (κ1) is 9.91. The SMILES string of the molecule is Cc1ncc(C(O)C(F)(F)F)cn1. The van der Waals surface area contributed by atoms with Crippen LogP contribution in [0.3, 0.4) is 0 Å². The van der Waals surface area contributed by atoms with Crippen LogP contribution in [0.1, 0.15) is 17.5 Å². The summed E-state index contributed by atoms with van der Waals surface area (Å²) in [5, 5.41) is 8.74. The first-order valence-electron chi connectivity index (χ1n) is 3.44. The van der Waals surface area contributed by atoms with Gasteiger partial charge in [0.1, 0.15) is 5.82 Å². The van der Waals surface area contributed by atoms with Gasteiger partial charge in [-0.2, -0.15) is 13.2 Å². The highest BCUT2D eigenvalue weighted by Crippen LogP contribution is 2.31. The van der Waals surface area contributed by atoms with Gasteiger partial charge in [-0.3, -0.25) is 0 Å². The van der Waals surface area contributed by atoms with Crippen molar-refractivity contribution in [3.8, 4) is 0 Å². The Kier molecular flexibility index (Phi) is 2.51. The van der Waals surface area contributed by atoms with Crippen LogP contribution in [0.2, 0.25) is 0 Å². The van der Waals surface area contributed by atoms with Crippen molar-refractivity contribution in [1.82, 2.24) is 9.97 Å². The van der Waals surface area contributed by atoms with Crippen LogP contribution in [0.4, 0.5) is 13.2 Å². The number of halogens is 3. The summed E-state index contributed by atoms with van der Waals surface area (Å²) in [4.78, 5) is 7.09. The maximum absolute atomic E-state index is 11.9. The van der Waals surface area contributed by atoms with E-state index in [2.05, 4.69) is 9.97 Å². The molecule has 0 aliphatic rings. The average Bonchev–Trinajstić information content (AvgIpc) is 2.03. The van der Waals surface area contributed by atoms with Crippen molar-refractivity contribution >= 4 is 0 Å². The number of aliphatic hydroxyl groups excluding tert-OH is 1. The van der Waals surface area contributed by atoms with Crippen molar-refractivity contribution < 1.29 is 18.3 Å². The molecule has 1 atom stereocenters. The highest BCUT2D eigenvalue weighted by Gasteiger charge is 2.39. The minimum atomic E-state index is -4.67. The fraction of sp³-hybridized carbons (Fsp3) is 0.429. The van der Waals surface area contributed by atoms with Gasteiger partial charge in [0.15, 0.2) is 6.10 Å². The summed E-state index contributed by atoms with van der Waals surface area (Å²) < 4.78 is 35.8. The van der Waals surface area contributed by atoms with E-state index in [1.54, 1.807) is 6.92 Å². The van der Waals surface area contributed by atoms with Crippen molar-refractivity contribution in [2.75, 3.05) is 0 Å². The van der Waals surface area contributed by atoms with E-state index in [-0.39, 0.29) is 5.56 Å². The van der Waals surface area contributed by atoms with Crippen LogP contribution in [0, 0.1) is 6.92 Å². The van der Waals surface area contributed by atoms with Gasteiger partial charge in [0, 0.05) is 18.0 Å². The molecule has 1 unspecified atom stereocenters. The molecule has 0 aliphatic heterocycles. The van der Waals surface area contributed by atoms with Gasteiger partial charge in [-0.15, -0.1) is 0 Å². The number of aryl methyl sites for hydroxylation is 1. The molecule has 0 saturated heterocycles. The van der Waals surface area contributed by atoms with E-state index < -0.39 is 12.3 Å². The third kappa shape index (κ3) is 2.38. The zero-order valence-corrected chi connectivity index (χ0v) is 6.71. The van der Waals surface area contributed by atoms with Gasteiger partial charge < -0.3 is 5.11 Å². The van der Waals surface area contributed by atoms with Crippen LogP contribution in [-0.2, 0) is 0 Å². The Labute approximate surface area is 72.3 Å². The van der Waals surface area contributed by atoms with Crippen LogP contribution in [0.5, 0.6) is 0 Å². The lowest BCUT2D eigenvalue weighted by Crippen LogP contribution is -2.20. The Morgan fingerprint density at radius 3 is 2.15 bits per heavy atom. The highest BCUT2D eigenvalue weighted by molar-refractivity contribution is 5.10. The molecule has 1 N–H and O–H groups in total. The predicted octanol–water partition coefficient (Wildman–Crippen LogP) is 1.38.